The zero-order valence-electron chi connectivity index (χ0n) is 8.72. The van der Waals surface area contributed by atoms with Gasteiger partial charge in [0.25, 0.3) is 0 Å². The third-order valence-electron chi connectivity index (χ3n) is 2.38. The average molecular weight is 206 g/mol. The Kier molecular flexibility index (Phi) is 2.97. The van der Waals surface area contributed by atoms with Crippen LogP contribution in [-0.2, 0) is 16.1 Å². The first kappa shape index (κ1) is 10.1. The first-order valence-corrected chi connectivity index (χ1v) is 5.11. The van der Waals surface area contributed by atoms with Crippen LogP contribution in [0.1, 0.15) is 12.5 Å². The molecule has 1 aromatic rings. The molecular weight excluding hydrogens is 192 g/mol. The normalized spacial score (nSPS) is 23.5. The molecule has 4 nitrogen and oxygen atoms in total. The fourth-order valence-electron chi connectivity index (χ4n) is 1.54. The van der Waals surface area contributed by atoms with E-state index in [9.17, 15) is 4.79 Å². The lowest BCUT2D eigenvalue weighted by Gasteiger charge is -2.03. The van der Waals surface area contributed by atoms with Crippen LogP contribution in [-0.4, -0.2) is 35.0 Å². The SMILES string of the molecule is CCOC(=O)C1CN1Cc1cccnc1. The number of esters is 1. The summed E-state index contributed by atoms with van der Waals surface area (Å²) in [5.41, 5.74) is 1.13. The summed E-state index contributed by atoms with van der Waals surface area (Å²) in [4.78, 5) is 17.4. The highest BCUT2D eigenvalue weighted by atomic mass is 16.5. The molecule has 15 heavy (non-hydrogen) atoms. The van der Waals surface area contributed by atoms with Crippen molar-refractivity contribution in [1.29, 1.82) is 0 Å². The van der Waals surface area contributed by atoms with E-state index in [2.05, 4.69) is 9.88 Å². The maximum Gasteiger partial charge on any atom is 0.324 e. The molecule has 2 rings (SSSR count). The van der Waals surface area contributed by atoms with E-state index in [-0.39, 0.29) is 12.0 Å². The number of carbonyl (C=O) groups excluding carboxylic acids is 1. The van der Waals surface area contributed by atoms with Gasteiger partial charge >= 0.3 is 5.97 Å². The van der Waals surface area contributed by atoms with Crippen LogP contribution in [0.3, 0.4) is 0 Å². The van der Waals surface area contributed by atoms with Crippen LogP contribution in [0, 0.1) is 0 Å². The van der Waals surface area contributed by atoms with Gasteiger partial charge in [-0.05, 0) is 18.6 Å². The van der Waals surface area contributed by atoms with Crippen molar-refractivity contribution in [3.63, 3.8) is 0 Å². The van der Waals surface area contributed by atoms with E-state index in [1.54, 1.807) is 6.20 Å². The van der Waals surface area contributed by atoms with Crippen molar-refractivity contribution in [3.05, 3.63) is 30.1 Å². The van der Waals surface area contributed by atoms with Crippen LogP contribution in [0.25, 0.3) is 0 Å². The summed E-state index contributed by atoms with van der Waals surface area (Å²) < 4.78 is 4.94. The van der Waals surface area contributed by atoms with E-state index in [0.29, 0.717) is 6.61 Å². The molecule has 0 aromatic carbocycles. The molecule has 80 valence electrons. The summed E-state index contributed by atoms with van der Waals surface area (Å²) in [7, 11) is 0. The van der Waals surface area contributed by atoms with Crippen molar-refractivity contribution in [2.45, 2.75) is 19.5 Å². The van der Waals surface area contributed by atoms with E-state index in [1.807, 2.05) is 25.3 Å². The highest BCUT2D eigenvalue weighted by Gasteiger charge is 2.41. The van der Waals surface area contributed by atoms with Gasteiger partial charge in [0.1, 0.15) is 6.04 Å². The zero-order valence-corrected chi connectivity index (χ0v) is 8.72. The van der Waals surface area contributed by atoms with Crippen LogP contribution in [0.4, 0.5) is 0 Å². The van der Waals surface area contributed by atoms with Crippen LogP contribution in [0.2, 0.25) is 0 Å². The molecule has 1 aromatic heterocycles. The van der Waals surface area contributed by atoms with Crippen molar-refractivity contribution in [3.8, 4) is 0 Å². The topological polar surface area (TPSA) is 42.2 Å². The number of ether oxygens (including phenoxy) is 1. The summed E-state index contributed by atoms with van der Waals surface area (Å²) in [5, 5.41) is 0. The maximum atomic E-state index is 11.3. The first-order valence-electron chi connectivity index (χ1n) is 5.11. The molecule has 0 aliphatic carbocycles. The number of hydrogen-bond acceptors (Lipinski definition) is 4. The van der Waals surface area contributed by atoms with Gasteiger partial charge in [0.05, 0.1) is 6.61 Å². The lowest BCUT2D eigenvalue weighted by atomic mass is 10.3. The van der Waals surface area contributed by atoms with Gasteiger partial charge in [-0.3, -0.25) is 14.7 Å². The third-order valence-corrected chi connectivity index (χ3v) is 2.38. The second-order valence-corrected chi connectivity index (χ2v) is 3.56. The average Bonchev–Trinajstić information content (AvgIpc) is 2.99. The van der Waals surface area contributed by atoms with E-state index in [4.69, 9.17) is 4.74 Å². The predicted molar refractivity (Wildman–Crippen MR) is 55.1 cm³/mol. The minimum atomic E-state index is -0.110. The summed E-state index contributed by atoms with van der Waals surface area (Å²) in [6.07, 6.45) is 3.56. The Labute approximate surface area is 88.9 Å². The third kappa shape index (κ3) is 2.53. The Bertz CT molecular complexity index is 340. The quantitative estimate of drug-likeness (QED) is 0.540. The summed E-state index contributed by atoms with van der Waals surface area (Å²) in [5.74, 6) is -0.110. The number of aromatic nitrogens is 1. The molecule has 1 aliphatic rings. The smallest absolute Gasteiger partial charge is 0.324 e. The van der Waals surface area contributed by atoms with Crippen molar-refractivity contribution < 1.29 is 9.53 Å². The Balaban J connectivity index is 1.83. The predicted octanol–water partition coefficient (Wildman–Crippen LogP) is 0.829. The van der Waals surface area contributed by atoms with E-state index in [0.717, 1.165) is 18.7 Å². The number of carbonyl (C=O) groups is 1. The van der Waals surface area contributed by atoms with Crippen molar-refractivity contribution in [1.82, 2.24) is 9.88 Å². The molecule has 2 heterocycles. The Hall–Kier alpha value is -1.42. The number of hydrogen-bond donors (Lipinski definition) is 0. The fourth-order valence-corrected chi connectivity index (χ4v) is 1.54. The zero-order chi connectivity index (χ0) is 10.7. The molecule has 0 saturated carbocycles. The van der Waals surface area contributed by atoms with Crippen LogP contribution < -0.4 is 0 Å². The minimum Gasteiger partial charge on any atom is -0.465 e. The van der Waals surface area contributed by atoms with Gasteiger partial charge in [-0.25, -0.2) is 0 Å². The van der Waals surface area contributed by atoms with Crippen LogP contribution in [0.5, 0.6) is 0 Å². The molecule has 0 bridgehead atoms. The summed E-state index contributed by atoms with van der Waals surface area (Å²) >= 11 is 0. The van der Waals surface area contributed by atoms with Gasteiger partial charge in [-0.2, -0.15) is 0 Å². The molecule has 0 radical (unpaired) electrons. The summed E-state index contributed by atoms with van der Waals surface area (Å²) in [6.45, 7) is 3.85. The maximum absolute atomic E-state index is 11.3. The van der Waals surface area contributed by atoms with Gasteiger partial charge in [0, 0.05) is 25.5 Å². The van der Waals surface area contributed by atoms with Crippen molar-refractivity contribution in [2.75, 3.05) is 13.2 Å². The van der Waals surface area contributed by atoms with Crippen molar-refractivity contribution >= 4 is 5.97 Å². The second-order valence-electron chi connectivity index (χ2n) is 3.56. The van der Waals surface area contributed by atoms with Gasteiger partial charge in [0.2, 0.25) is 0 Å². The number of pyridine rings is 1. The highest BCUT2D eigenvalue weighted by molar-refractivity contribution is 5.79. The lowest BCUT2D eigenvalue weighted by Crippen LogP contribution is -2.16. The Morgan fingerprint density at radius 2 is 2.60 bits per heavy atom. The highest BCUT2D eigenvalue weighted by Crippen LogP contribution is 2.21. The molecule has 1 fully saturated rings. The van der Waals surface area contributed by atoms with Gasteiger partial charge in [-0.15, -0.1) is 0 Å². The number of rotatable bonds is 4. The summed E-state index contributed by atoms with van der Waals surface area (Å²) in [6, 6.07) is 3.87. The molecule has 0 N–H and O–H groups in total. The van der Waals surface area contributed by atoms with Crippen LogP contribution >= 0.6 is 0 Å². The molecule has 2 atom stereocenters. The molecule has 4 heteroatoms. The molecule has 1 saturated heterocycles. The molecule has 0 amide bonds. The first-order chi connectivity index (χ1) is 7.31. The minimum absolute atomic E-state index is 0.0369. The number of nitrogens with zero attached hydrogens (tertiary/aromatic N) is 2. The second kappa shape index (κ2) is 4.40. The fraction of sp³-hybridized carbons (Fsp3) is 0.455. The molecule has 2 unspecified atom stereocenters. The monoisotopic (exact) mass is 206 g/mol. The van der Waals surface area contributed by atoms with Crippen molar-refractivity contribution in [2.24, 2.45) is 0 Å². The molecule has 0 spiro atoms. The van der Waals surface area contributed by atoms with Gasteiger partial charge in [-0.1, -0.05) is 6.07 Å². The van der Waals surface area contributed by atoms with E-state index < -0.39 is 0 Å². The van der Waals surface area contributed by atoms with Crippen LogP contribution in [0.15, 0.2) is 24.5 Å². The molecular formula is C11H14N2O2. The Morgan fingerprint density at radius 3 is 3.27 bits per heavy atom. The van der Waals surface area contributed by atoms with E-state index >= 15 is 0 Å². The Morgan fingerprint density at radius 1 is 1.73 bits per heavy atom. The lowest BCUT2D eigenvalue weighted by molar-refractivity contribution is -0.143. The van der Waals surface area contributed by atoms with Gasteiger partial charge < -0.3 is 4.74 Å². The van der Waals surface area contributed by atoms with Gasteiger partial charge in [0.15, 0.2) is 0 Å². The standard InChI is InChI=1S/C11H14N2O2/c1-2-15-11(14)10-8-13(10)7-9-4-3-5-12-6-9/h3-6,10H,2,7-8H2,1H3. The largest absolute Gasteiger partial charge is 0.465 e. The molecule has 1 aliphatic heterocycles. The van der Waals surface area contributed by atoms with E-state index in [1.165, 1.54) is 0 Å².